The Bertz CT molecular complexity index is 547. The standard InChI is InChI=1S/C17H31N5O4/c1-4-5-6-9(2)20-15(24)14(21-10(3)23)12-7-11(16(25)26)8-13(12)22-17(18)19/h9,11-14H,4-8H2,1-3H3,(H,20,24)(H,21,23)(H,25,26)(H4,18,19,22)/t9?,11?,12-,13-,14?/m0/s1. The number of unbranched alkanes of at least 4 members (excludes halogenated alkanes) is 1. The molecule has 1 aliphatic carbocycles. The molecule has 3 unspecified atom stereocenters. The molecule has 0 spiro atoms. The number of carboxylic acid groups (broad SMARTS) is 1. The second-order valence-corrected chi connectivity index (χ2v) is 7.02. The van der Waals surface area contributed by atoms with Crippen LogP contribution in [0.1, 0.15) is 52.9 Å². The lowest BCUT2D eigenvalue weighted by Gasteiger charge is -2.28. The second-order valence-electron chi connectivity index (χ2n) is 7.02. The molecule has 26 heavy (non-hydrogen) atoms. The quantitative estimate of drug-likeness (QED) is 0.283. The Balaban J connectivity index is 3.00. The Labute approximate surface area is 154 Å². The van der Waals surface area contributed by atoms with Gasteiger partial charge in [0.05, 0.1) is 12.0 Å². The first-order valence-corrected chi connectivity index (χ1v) is 9.04. The highest BCUT2D eigenvalue weighted by Gasteiger charge is 2.45. The van der Waals surface area contributed by atoms with Gasteiger partial charge in [0.25, 0.3) is 0 Å². The molecule has 2 amide bonds. The topological polar surface area (TPSA) is 160 Å². The number of amides is 2. The molecule has 0 aliphatic heterocycles. The molecule has 5 atom stereocenters. The first-order valence-electron chi connectivity index (χ1n) is 9.04. The van der Waals surface area contributed by atoms with Crippen molar-refractivity contribution < 1.29 is 19.5 Å². The van der Waals surface area contributed by atoms with Crippen LogP contribution in [0, 0.1) is 11.8 Å². The summed E-state index contributed by atoms with van der Waals surface area (Å²) in [5, 5.41) is 14.9. The number of rotatable bonds is 9. The van der Waals surface area contributed by atoms with Crippen LogP contribution >= 0.6 is 0 Å². The van der Waals surface area contributed by atoms with E-state index in [0.29, 0.717) is 0 Å². The zero-order valence-corrected chi connectivity index (χ0v) is 15.7. The van der Waals surface area contributed by atoms with Gasteiger partial charge in [0.1, 0.15) is 6.04 Å². The fraction of sp³-hybridized carbons (Fsp3) is 0.765. The maximum atomic E-state index is 12.8. The number of hydrogen-bond donors (Lipinski definition) is 5. The maximum absolute atomic E-state index is 12.8. The fourth-order valence-corrected chi connectivity index (χ4v) is 3.45. The number of aliphatic imine (C=N–C) groups is 1. The molecule has 1 fully saturated rings. The zero-order chi connectivity index (χ0) is 19.9. The van der Waals surface area contributed by atoms with Gasteiger partial charge in [-0.25, -0.2) is 4.99 Å². The van der Waals surface area contributed by atoms with E-state index < -0.39 is 29.9 Å². The average Bonchev–Trinajstić information content (AvgIpc) is 2.93. The summed E-state index contributed by atoms with van der Waals surface area (Å²) in [6.07, 6.45) is 3.28. The molecule has 1 saturated carbocycles. The summed E-state index contributed by atoms with van der Waals surface area (Å²) < 4.78 is 0. The van der Waals surface area contributed by atoms with Crippen molar-refractivity contribution in [2.75, 3.05) is 0 Å². The largest absolute Gasteiger partial charge is 0.481 e. The van der Waals surface area contributed by atoms with Crippen LogP contribution in [0.4, 0.5) is 0 Å². The fourth-order valence-electron chi connectivity index (χ4n) is 3.45. The Morgan fingerprint density at radius 1 is 1.23 bits per heavy atom. The zero-order valence-electron chi connectivity index (χ0n) is 15.7. The Hall–Kier alpha value is -2.32. The monoisotopic (exact) mass is 369 g/mol. The predicted molar refractivity (Wildman–Crippen MR) is 98.2 cm³/mol. The number of nitrogens with one attached hydrogen (secondary N) is 2. The molecular formula is C17H31N5O4. The SMILES string of the molecule is CCCCC(C)NC(=O)C(NC(C)=O)[C@H]1CC(C(=O)O)C[C@@H]1N=C(N)N. The normalized spacial score (nSPS) is 24.3. The third kappa shape index (κ3) is 6.53. The Kier molecular flexibility index (Phi) is 8.34. The number of hydrogen-bond acceptors (Lipinski definition) is 4. The number of carbonyl (C=O) groups excluding carboxylic acids is 2. The molecule has 9 heteroatoms. The molecule has 0 radical (unpaired) electrons. The van der Waals surface area contributed by atoms with E-state index in [2.05, 4.69) is 22.5 Å². The van der Waals surface area contributed by atoms with Gasteiger partial charge in [-0.1, -0.05) is 19.8 Å². The molecule has 0 heterocycles. The molecule has 7 N–H and O–H groups in total. The minimum Gasteiger partial charge on any atom is -0.481 e. The molecule has 9 nitrogen and oxygen atoms in total. The third-order valence-corrected chi connectivity index (χ3v) is 4.69. The third-order valence-electron chi connectivity index (χ3n) is 4.69. The molecule has 1 aliphatic rings. The Morgan fingerprint density at radius 2 is 1.88 bits per heavy atom. The van der Waals surface area contributed by atoms with Crippen LogP contribution in [0.5, 0.6) is 0 Å². The van der Waals surface area contributed by atoms with Crippen LogP contribution < -0.4 is 22.1 Å². The Morgan fingerprint density at radius 3 is 2.38 bits per heavy atom. The smallest absolute Gasteiger partial charge is 0.306 e. The lowest BCUT2D eigenvalue weighted by Crippen LogP contribution is -2.53. The van der Waals surface area contributed by atoms with Crippen LogP contribution in [-0.2, 0) is 14.4 Å². The maximum Gasteiger partial charge on any atom is 0.306 e. The molecule has 0 aromatic rings. The molecule has 1 rings (SSSR count). The summed E-state index contributed by atoms with van der Waals surface area (Å²) in [7, 11) is 0. The van der Waals surface area contributed by atoms with Crippen molar-refractivity contribution in [1.82, 2.24) is 10.6 Å². The second kappa shape index (κ2) is 9.98. The van der Waals surface area contributed by atoms with E-state index in [1.807, 2.05) is 6.92 Å². The van der Waals surface area contributed by atoms with Gasteiger partial charge in [-0.15, -0.1) is 0 Å². The molecular weight excluding hydrogens is 338 g/mol. The van der Waals surface area contributed by atoms with E-state index in [4.69, 9.17) is 11.5 Å². The van der Waals surface area contributed by atoms with Crippen molar-refractivity contribution in [2.45, 2.75) is 71.0 Å². The van der Waals surface area contributed by atoms with Gasteiger partial charge in [0.2, 0.25) is 11.8 Å². The van der Waals surface area contributed by atoms with E-state index in [0.717, 1.165) is 19.3 Å². The van der Waals surface area contributed by atoms with Gasteiger partial charge in [-0.3, -0.25) is 14.4 Å². The van der Waals surface area contributed by atoms with Crippen molar-refractivity contribution in [2.24, 2.45) is 28.3 Å². The van der Waals surface area contributed by atoms with Crippen LogP contribution in [0.15, 0.2) is 4.99 Å². The minimum absolute atomic E-state index is 0.0445. The highest BCUT2D eigenvalue weighted by molar-refractivity contribution is 5.87. The molecule has 0 saturated heterocycles. The summed E-state index contributed by atoms with van der Waals surface area (Å²) in [5.74, 6) is -2.97. The minimum atomic E-state index is -0.957. The predicted octanol–water partition coefficient (Wildman–Crippen LogP) is -0.0612. The lowest BCUT2D eigenvalue weighted by atomic mass is 9.92. The number of carbonyl (C=O) groups is 3. The highest BCUT2D eigenvalue weighted by Crippen LogP contribution is 2.36. The van der Waals surface area contributed by atoms with Crippen LogP contribution in [0.3, 0.4) is 0 Å². The summed E-state index contributed by atoms with van der Waals surface area (Å²) in [6.45, 7) is 5.29. The van der Waals surface area contributed by atoms with Gasteiger partial charge in [0.15, 0.2) is 5.96 Å². The number of nitrogens with two attached hydrogens (primary N) is 2. The number of guanidine groups is 1. The highest BCUT2D eigenvalue weighted by atomic mass is 16.4. The summed E-state index contributed by atoms with van der Waals surface area (Å²) >= 11 is 0. The van der Waals surface area contributed by atoms with E-state index in [-0.39, 0.29) is 36.7 Å². The number of nitrogens with zero attached hydrogens (tertiary/aromatic N) is 1. The summed E-state index contributed by atoms with van der Waals surface area (Å²) in [6, 6.07) is -1.46. The van der Waals surface area contributed by atoms with Crippen LogP contribution in [-0.4, -0.2) is 47.0 Å². The first-order chi connectivity index (χ1) is 12.1. The number of aliphatic carboxylic acids is 1. The summed E-state index contributed by atoms with van der Waals surface area (Å²) in [5.41, 5.74) is 10.9. The number of carboxylic acids is 1. The van der Waals surface area contributed by atoms with Crippen molar-refractivity contribution in [1.29, 1.82) is 0 Å². The van der Waals surface area contributed by atoms with E-state index in [1.54, 1.807) is 0 Å². The molecule has 0 bridgehead atoms. The van der Waals surface area contributed by atoms with Crippen molar-refractivity contribution in [3.05, 3.63) is 0 Å². The van der Waals surface area contributed by atoms with Crippen molar-refractivity contribution in [3.63, 3.8) is 0 Å². The molecule has 0 aromatic carbocycles. The van der Waals surface area contributed by atoms with Gasteiger partial charge >= 0.3 is 5.97 Å². The first kappa shape index (κ1) is 21.7. The van der Waals surface area contributed by atoms with Gasteiger partial charge in [-0.05, 0) is 26.2 Å². The van der Waals surface area contributed by atoms with E-state index in [1.165, 1.54) is 6.92 Å². The van der Waals surface area contributed by atoms with Crippen molar-refractivity contribution >= 4 is 23.7 Å². The van der Waals surface area contributed by atoms with Gasteiger partial charge in [0, 0.05) is 18.9 Å². The molecule has 148 valence electrons. The molecule has 0 aromatic heterocycles. The van der Waals surface area contributed by atoms with Crippen LogP contribution in [0.25, 0.3) is 0 Å². The van der Waals surface area contributed by atoms with Gasteiger partial charge in [-0.2, -0.15) is 0 Å². The van der Waals surface area contributed by atoms with E-state index in [9.17, 15) is 19.5 Å². The van der Waals surface area contributed by atoms with E-state index >= 15 is 0 Å². The lowest BCUT2D eigenvalue weighted by molar-refractivity contribution is -0.141. The van der Waals surface area contributed by atoms with Gasteiger partial charge < -0.3 is 27.2 Å². The average molecular weight is 369 g/mol. The van der Waals surface area contributed by atoms with Crippen LogP contribution in [0.2, 0.25) is 0 Å². The summed E-state index contributed by atoms with van der Waals surface area (Å²) in [4.78, 5) is 39.9. The van der Waals surface area contributed by atoms with Crippen molar-refractivity contribution in [3.8, 4) is 0 Å².